The molecule has 0 bridgehead atoms. The zero-order chi connectivity index (χ0) is 11.9. The summed E-state index contributed by atoms with van der Waals surface area (Å²) < 4.78 is 22.3. The molecule has 2 N–H and O–H groups in total. The van der Waals surface area contributed by atoms with Crippen molar-refractivity contribution in [2.75, 3.05) is 24.6 Å². The van der Waals surface area contributed by atoms with Crippen LogP contribution in [0.25, 0.3) is 0 Å². The third kappa shape index (κ3) is 7.76. The number of rotatable bonds is 8. The summed E-state index contributed by atoms with van der Waals surface area (Å²) >= 11 is 0. The first-order valence-corrected chi connectivity index (χ1v) is 7.28. The maximum atomic E-state index is 11.1. The van der Waals surface area contributed by atoms with E-state index in [1.165, 1.54) is 0 Å². The molecule has 0 aliphatic rings. The highest BCUT2D eigenvalue weighted by Crippen LogP contribution is 2.05. The molecule has 0 saturated heterocycles. The Morgan fingerprint density at radius 1 is 1.33 bits per heavy atom. The maximum Gasteiger partial charge on any atom is 0.150 e. The fourth-order valence-corrected chi connectivity index (χ4v) is 1.92. The highest BCUT2D eigenvalue weighted by molar-refractivity contribution is 7.91. The van der Waals surface area contributed by atoms with Gasteiger partial charge < -0.3 is 10.4 Å². The minimum Gasteiger partial charge on any atom is -0.389 e. The molecule has 0 aromatic carbocycles. The normalized spacial score (nSPS) is 16.3. The van der Waals surface area contributed by atoms with E-state index in [9.17, 15) is 13.5 Å². The Morgan fingerprint density at radius 2 is 1.93 bits per heavy atom. The summed E-state index contributed by atoms with van der Waals surface area (Å²) in [5.41, 5.74) is -0.691. The van der Waals surface area contributed by atoms with Gasteiger partial charge in [0.25, 0.3) is 0 Å². The molecular weight excluding hydrogens is 214 g/mol. The first kappa shape index (κ1) is 14.9. The van der Waals surface area contributed by atoms with Crippen LogP contribution in [-0.4, -0.2) is 43.7 Å². The van der Waals surface area contributed by atoms with Crippen molar-refractivity contribution in [1.82, 2.24) is 5.32 Å². The van der Waals surface area contributed by atoms with Crippen LogP contribution in [-0.2, 0) is 9.84 Å². The summed E-state index contributed by atoms with van der Waals surface area (Å²) in [6.07, 6.45) is 1.29. The van der Waals surface area contributed by atoms with E-state index in [-0.39, 0.29) is 11.5 Å². The van der Waals surface area contributed by atoms with Crippen LogP contribution in [0.1, 0.15) is 33.6 Å². The lowest BCUT2D eigenvalue weighted by Gasteiger charge is -2.21. The molecule has 0 rings (SSSR count). The van der Waals surface area contributed by atoms with E-state index < -0.39 is 15.4 Å². The number of aliphatic hydroxyl groups is 1. The van der Waals surface area contributed by atoms with E-state index in [1.807, 2.05) is 6.92 Å². The first-order chi connectivity index (χ1) is 6.83. The second-order valence-electron chi connectivity index (χ2n) is 4.12. The van der Waals surface area contributed by atoms with E-state index in [2.05, 4.69) is 5.32 Å². The molecule has 0 aromatic heterocycles. The first-order valence-electron chi connectivity index (χ1n) is 5.46. The van der Waals surface area contributed by atoms with Gasteiger partial charge in [-0.1, -0.05) is 13.8 Å². The third-order valence-electron chi connectivity index (χ3n) is 2.52. The van der Waals surface area contributed by atoms with Gasteiger partial charge in [0.15, 0.2) is 0 Å². The van der Waals surface area contributed by atoms with Gasteiger partial charge in [0, 0.05) is 12.3 Å². The molecule has 4 nitrogen and oxygen atoms in total. The predicted molar refractivity (Wildman–Crippen MR) is 62.7 cm³/mol. The quantitative estimate of drug-likeness (QED) is 0.605. The Balaban J connectivity index is 3.57. The van der Waals surface area contributed by atoms with E-state index in [1.54, 1.807) is 13.8 Å². The number of sulfone groups is 1. The molecule has 0 aliphatic heterocycles. The maximum absolute atomic E-state index is 11.1. The van der Waals surface area contributed by atoms with Gasteiger partial charge in [-0.2, -0.15) is 0 Å². The van der Waals surface area contributed by atoms with E-state index in [0.29, 0.717) is 25.9 Å². The lowest BCUT2D eigenvalue weighted by atomic mass is 10.0. The molecule has 92 valence electrons. The zero-order valence-corrected chi connectivity index (χ0v) is 10.7. The molecule has 0 aliphatic carbocycles. The zero-order valence-electron chi connectivity index (χ0n) is 9.91. The van der Waals surface area contributed by atoms with Gasteiger partial charge in [0.2, 0.25) is 0 Å². The van der Waals surface area contributed by atoms with Gasteiger partial charge in [-0.15, -0.1) is 0 Å². The SMILES string of the molecule is CCC(C)(O)CNCCCS(=O)(=O)CC. The van der Waals surface area contributed by atoms with Crippen molar-refractivity contribution in [2.24, 2.45) is 0 Å². The van der Waals surface area contributed by atoms with Crippen molar-refractivity contribution < 1.29 is 13.5 Å². The summed E-state index contributed by atoms with van der Waals surface area (Å²) in [7, 11) is -2.84. The monoisotopic (exact) mass is 237 g/mol. The highest BCUT2D eigenvalue weighted by Gasteiger charge is 2.16. The summed E-state index contributed by atoms with van der Waals surface area (Å²) in [6.45, 7) is 6.49. The number of hydrogen-bond donors (Lipinski definition) is 2. The van der Waals surface area contributed by atoms with Crippen molar-refractivity contribution in [3.05, 3.63) is 0 Å². The van der Waals surface area contributed by atoms with E-state index in [0.717, 1.165) is 0 Å². The van der Waals surface area contributed by atoms with Crippen LogP contribution in [0.3, 0.4) is 0 Å². The standard InChI is InChI=1S/C10H23NO3S/c1-4-10(3,12)9-11-7-6-8-15(13,14)5-2/h11-12H,4-9H2,1-3H3. The number of hydrogen-bond acceptors (Lipinski definition) is 4. The molecule has 1 unspecified atom stereocenters. The number of nitrogens with one attached hydrogen (secondary N) is 1. The van der Waals surface area contributed by atoms with Gasteiger partial charge in [0.05, 0.1) is 11.4 Å². The van der Waals surface area contributed by atoms with Gasteiger partial charge in [-0.05, 0) is 26.3 Å². The smallest absolute Gasteiger partial charge is 0.150 e. The third-order valence-corrected chi connectivity index (χ3v) is 4.31. The molecule has 0 heterocycles. The van der Waals surface area contributed by atoms with E-state index >= 15 is 0 Å². The van der Waals surface area contributed by atoms with Crippen LogP contribution in [0.4, 0.5) is 0 Å². The second-order valence-corrected chi connectivity index (χ2v) is 6.59. The molecule has 15 heavy (non-hydrogen) atoms. The minimum atomic E-state index is -2.84. The average Bonchev–Trinajstić information content (AvgIpc) is 2.17. The van der Waals surface area contributed by atoms with Crippen molar-refractivity contribution in [3.8, 4) is 0 Å². The van der Waals surface area contributed by atoms with Crippen LogP contribution in [0.2, 0.25) is 0 Å². The lowest BCUT2D eigenvalue weighted by Crippen LogP contribution is -2.37. The summed E-state index contributed by atoms with van der Waals surface area (Å²) in [5.74, 6) is 0.435. The van der Waals surface area contributed by atoms with Crippen molar-refractivity contribution in [3.63, 3.8) is 0 Å². The predicted octanol–water partition coefficient (Wildman–Crippen LogP) is 0.562. The summed E-state index contributed by atoms with van der Waals surface area (Å²) in [4.78, 5) is 0. The van der Waals surface area contributed by atoms with Gasteiger partial charge >= 0.3 is 0 Å². The fraction of sp³-hybridized carbons (Fsp3) is 1.00. The second kappa shape index (κ2) is 6.45. The highest BCUT2D eigenvalue weighted by atomic mass is 32.2. The minimum absolute atomic E-state index is 0.208. The Kier molecular flexibility index (Phi) is 6.40. The van der Waals surface area contributed by atoms with Crippen LogP contribution >= 0.6 is 0 Å². The topological polar surface area (TPSA) is 66.4 Å². The Bertz CT molecular complexity index is 260. The van der Waals surface area contributed by atoms with Gasteiger partial charge in [0.1, 0.15) is 9.84 Å². The average molecular weight is 237 g/mol. The summed E-state index contributed by atoms with van der Waals surface area (Å²) in [6, 6.07) is 0. The summed E-state index contributed by atoms with van der Waals surface area (Å²) in [5, 5.41) is 12.7. The molecule has 0 spiro atoms. The molecule has 5 heteroatoms. The molecule has 0 saturated carbocycles. The fourth-order valence-electron chi connectivity index (χ4n) is 1.04. The Hall–Kier alpha value is -0.130. The molecule has 0 fully saturated rings. The molecule has 0 radical (unpaired) electrons. The van der Waals surface area contributed by atoms with Crippen LogP contribution in [0.5, 0.6) is 0 Å². The van der Waals surface area contributed by atoms with Gasteiger partial charge in [-0.3, -0.25) is 0 Å². The van der Waals surface area contributed by atoms with Gasteiger partial charge in [-0.25, -0.2) is 8.42 Å². The Labute approximate surface area is 93.0 Å². The molecular formula is C10H23NO3S. The lowest BCUT2D eigenvalue weighted by molar-refractivity contribution is 0.0561. The molecule has 0 aromatic rings. The Morgan fingerprint density at radius 3 is 2.40 bits per heavy atom. The van der Waals surface area contributed by atoms with Crippen molar-refractivity contribution in [2.45, 2.75) is 39.2 Å². The van der Waals surface area contributed by atoms with Crippen molar-refractivity contribution in [1.29, 1.82) is 0 Å². The largest absolute Gasteiger partial charge is 0.389 e. The molecule has 1 atom stereocenters. The van der Waals surface area contributed by atoms with Crippen LogP contribution in [0.15, 0.2) is 0 Å². The van der Waals surface area contributed by atoms with Crippen LogP contribution < -0.4 is 5.32 Å². The van der Waals surface area contributed by atoms with E-state index in [4.69, 9.17) is 0 Å². The van der Waals surface area contributed by atoms with Crippen LogP contribution in [0, 0.1) is 0 Å². The molecule has 0 amide bonds. The van der Waals surface area contributed by atoms with Crippen molar-refractivity contribution >= 4 is 9.84 Å².